The summed E-state index contributed by atoms with van der Waals surface area (Å²) in [4.78, 5) is 11.4. The van der Waals surface area contributed by atoms with Gasteiger partial charge in [0.25, 0.3) is 0 Å². The second-order valence-corrected chi connectivity index (χ2v) is 3.92. The number of benzene rings is 1. The van der Waals surface area contributed by atoms with Gasteiger partial charge >= 0.3 is 0 Å². The summed E-state index contributed by atoms with van der Waals surface area (Å²) in [5, 5.41) is 3.98. The second-order valence-electron chi connectivity index (χ2n) is 3.92. The fraction of sp³-hybridized carbons (Fsp3) is 0.250. The van der Waals surface area contributed by atoms with Crippen LogP contribution in [0, 0.1) is 0 Å². The van der Waals surface area contributed by atoms with Gasteiger partial charge in [-0.25, -0.2) is 0 Å². The van der Waals surface area contributed by atoms with Gasteiger partial charge in [0.05, 0.1) is 19.2 Å². The van der Waals surface area contributed by atoms with Crippen LogP contribution in [0.2, 0.25) is 0 Å². The van der Waals surface area contributed by atoms with E-state index in [9.17, 15) is 4.79 Å². The largest absolute Gasteiger partial charge is 0.497 e. The topological polar surface area (TPSA) is 43.3 Å². The van der Waals surface area contributed by atoms with Crippen LogP contribution in [0.1, 0.15) is 5.69 Å². The molecule has 0 unspecified atom stereocenters. The number of methoxy groups -OCH3 is 1. The maximum atomic E-state index is 11.4. The molecular weight excluding hydrogens is 204 g/mol. The average molecular weight is 216 g/mol. The molecule has 4 heteroatoms. The molecule has 0 radical (unpaired) electrons. The molecule has 2 heterocycles. The maximum absolute atomic E-state index is 11.4. The van der Waals surface area contributed by atoms with Crippen molar-refractivity contribution in [1.82, 2.24) is 9.88 Å². The van der Waals surface area contributed by atoms with Gasteiger partial charge < -0.3 is 14.6 Å². The monoisotopic (exact) mass is 216 g/mol. The van der Waals surface area contributed by atoms with Gasteiger partial charge in [-0.3, -0.25) is 4.79 Å². The number of carbonyl (C=O) groups is 1. The van der Waals surface area contributed by atoms with Crippen LogP contribution in [-0.2, 0) is 17.9 Å². The SMILES string of the molecule is COc1ccc2cc3n(c2c1)CC(=O)NC3. The average Bonchev–Trinajstić information content (AvgIpc) is 2.66. The molecule has 1 amide bonds. The lowest BCUT2D eigenvalue weighted by Crippen LogP contribution is -2.33. The van der Waals surface area contributed by atoms with Crippen LogP contribution in [0.5, 0.6) is 5.75 Å². The van der Waals surface area contributed by atoms with E-state index < -0.39 is 0 Å². The van der Waals surface area contributed by atoms with E-state index in [-0.39, 0.29) is 5.91 Å². The zero-order valence-electron chi connectivity index (χ0n) is 8.99. The molecule has 0 bridgehead atoms. The molecule has 4 nitrogen and oxygen atoms in total. The summed E-state index contributed by atoms with van der Waals surface area (Å²) < 4.78 is 7.23. The lowest BCUT2D eigenvalue weighted by Gasteiger charge is -2.16. The smallest absolute Gasteiger partial charge is 0.240 e. The first-order valence-electron chi connectivity index (χ1n) is 5.21. The van der Waals surface area contributed by atoms with Gasteiger partial charge in [-0.1, -0.05) is 0 Å². The maximum Gasteiger partial charge on any atom is 0.240 e. The van der Waals surface area contributed by atoms with Gasteiger partial charge in [0.1, 0.15) is 12.3 Å². The summed E-state index contributed by atoms with van der Waals surface area (Å²) in [6.07, 6.45) is 0. The highest BCUT2D eigenvalue weighted by atomic mass is 16.5. The van der Waals surface area contributed by atoms with E-state index in [1.54, 1.807) is 7.11 Å². The van der Waals surface area contributed by atoms with Crippen molar-refractivity contribution >= 4 is 16.8 Å². The Morgan fingerprint density at radius 2 is 2.25 bits per heavy atom. The minimum atomic E-state index is 0.0628. The number of carbonyl (C=O) groups excluding carboxylic acids is 1. The predicted molar refractivity (Wildman–Crippen MR) is 60.3 cm³/mol. The lowest BCUT2D eigenvalue weighted by atomic mass is 10.2. The number of hydrogen-bond acceptors (Lipinski definition) is 2. The number of hydrogen-bond donors (Lipinski definition) is 1. The first-order valence-corrected chi connectivity index (χ1v) is 5.21. The summed E-state index contributed by atoms with van der Waals surface area (Å²) in [5.41, 5.74) is 2.20. The summed E-state index contributed by atoms with van der Waals surface area (Å²) >= 11 is 0. The molecule has 0 atom stereocenters. The van der Waals surface area contributed by atoms with E-state index in [2.05, 4.69) is 11.4 Å². The van der Waals surface area contributed by atoms with Gasteiger partial charge in [0, 0.05) is 17.1 Å². The van der Waals surface area contributed by atoms with Crippen LogP contribution in [0.4, 0.5) is 0 Å². The van der Waals surface area contributed by atoms with E-state index in [0.717, 1.165) is 22.3 Å². The van der Waals surface area contributed by atoms with Crippen molar-refractivity contribution in [3.63, 3.8) is 0 Å². The lowest BCUT2D eigenvalue weighted by molar-refractivity contribution is -0.122. The van der Waals surface area contributed by atoms with Gasteiger partial charge in [0.2, 0.25) is 5.91 Å². The Morgan fingerprint density at radius 3 is 3.06 bits per heavy atom. The van der Waals surface area contributed by atoms with Crippen molar-refractivity contribution in [2.24, 2.45) is 0 Å². The molecule has 16 heavy (non-hydrogen) atoms. The molecule has 1 aromatic heterocycles. The molecule has 0 saturated heterocycles. The summed E-state index contributed by atoms with van der Waals surface area (Å²) in [6, 6.07) is 8.03. The number of rotatable bonds is 1. The molecule has 3 rings (SSSR count). The molecular formula is C12H12N2O2. The normalized spacial score (nSPS) is 14.7. The molecule has 0 fully saturated rings. The summed E-state index contributed by atoms with van der Waals surface area (Å²) in [7, 11) is 1.65. The molecule has 82 valence electrons. The molecule has 0 aliphatic carbocycles. The van der Waals surface area contributed by atoms with Crippen molar-refractivity contribution < 1.29 is 9.53 Å². The Hall–Kier alpha value is -1.97. The van der Waals surface area contributed by atoms with Crippen LogP contribution < -0.4 is 10.1 Å². The molecule has 1 N–H and O–H groups in total. The number of nitrogens with zero attached hydrogens (tertiary/aromatic N) is 1. The van der Waals surface area contributed by atoms with Gasteiger partial charge in [-0.15, -0.1) is 0 Å². The third-order valence-electron chi connectivity index (χ3n) is 2.97. The minimum absolute atomic E-state index is 0.0628. The molecule has 2 aromatic rings. The van der Waals surface area contributed by atoms with Crippen LogP contribution in [-0.4, -0.2) is 17.6 Å². The van der Waals surface area contributed by atoms with Crippen molar-refractivity contribution in [3.8, 4) is 5.75 Å². The first-order chi connectivity index (χ1) is 7.78. The Bertz CT molecular complexity index is 572. The van der Waals surface area contributed by atoms with Crippen molar-refractivity contribution in [2.75, 3.05) is 7.11 Å². The summed E-state index contributed by atoms with van der Waals surface area (Å²) in [6.45, 7) is 1.00. The Morgan fingerprint density at radius 1 is 1.38 bits per heavy atom. The van der Waals surface area contributed by atoms with Crippen LogP contribution in [0.3, 0.4) is 0 Å². The third kappa shape index (κ3) is 1.26. The quantitative estimate of drug-likeness (QED) is 0.780. The fourth-order valence-corrected chi connectivity index (χ4v) is 2.14. The Labute approximate surface area is 92.8 Å². The van der Waals surface area contributed by atoms with Crippen molar-refractivity contribution in [2.45, 2.75) is 13.1 Å². The van der Waals surface area contributed by atoms with Gasteiger partial charge in [-0.05, 0) is 18.2 Å². The number of amides is 1. The van der Waals surface area contributed by atoms with Crippen molar-refractivity contribution in [1.29, 1.82) is 0 Å². The van der Waals surface area contributed by atoms with Crippen LogP contribution >= 0.6 is 0 Å². The van der Waals surface area contributed by atoms with E-state index in [1.807, 2.05) is 22.8 Å². The third-order valence-corrected chi connectivity index (χ3v) is 2.97. The summed E-state index contributed by atoms with van der Waals surface area (Å²) in [5.74, 6) is 0.882. The van der Waals surface area contributed by atoms with Crippen molar-refractivity contribution in [3.05, 3.63) is 30.0 Å². The van der Waals surface area contributed by atoms with E-state index in [0.29, 0.717) is 13.1 Å². The zero-order chi connectivity index (χ0) is 11.1. The van der Waals surface area contributed by atoms with Crippen LogP contribution in [0.25, 0.3) is 10.9 Å². The van der Waals surface area contributed by atoms with E-state index in [4.69, 9.17) is 4.74 Å². The highest BCUT2D eigenvalue weighted by Gasteiger charge is 2.17. The van der Waals surface area contributed by atoms with Gasteiger partial charge in [-0.2, -0.15) is 0 Å². The number of fused-ring (bicyclic) bond motifs is 3. The molecule has 1 aromatic carbocycles. The Balaban J connectivity index is 2.23. The van der Waals surface area contributed by atoms with E-state index in [1.165, 1.54) is 0 Å². The molecule has 1 aliphatic rings. The molecule has 0 saturated carbocycles. The second kappa shape index (κ2) is 3.27. The first kappa shape index (κ1) is 9.27. The highest BCUT2D eigenvalue weighted by molar-refractivity contribution is 5.86. The van der Waals surface area contributed by atoms with Gasteiger partial charge in [0.15, 0.2) is 0 Å². The van der Waals surface area contributed by atoms with Crippen LogP contribution in [0.15, 0.2) is 24.3 Å². The number of ether oxygens (including phenoxy) is 1. The minimum Gasteiger partial charge on any atom is -0.497 e. The predicted octanol–water partition coefficient (Wildman–Crippen LogP) is 1.28. The Kier molecular flexibility index (Phi) is 1.89. The fourth-order valence-electron chi connectivity index (χ4n) is 2.14. The number of aromatic nitrogens is 1. The molecule has 0 spiro atoms. The molecule has 1 aliphatic heterocycles. The standard InChI is InChI=1S/C12H12N2O2/c1-16-10-3-2-8-4-9-6-13-12(15)7-14(9)11(8)5-10/h2-5H,6-7H2,1H3,(H,13,15). The zero-order valence-corrected chi connectivity index (χ0v) is 8.99. The van der Waals surface area contributed by atoms with E-state index >= 15 is 0 Å². The highest BCUT2D eigenvalue weighted by Crippen LogP contribution is 2.25. The number of nitrogens with one attached hydrogen (secondary N) is 1.